The first-order valence-electron chi connectivity index (χ1n) is 8.74. The van der Waals surface area contributed by atoms with Crippen LogP contribution in [-0.2, 0) is 4.79 Å². The predicted octanol–water partition coefficient (Wildman–Crippen LogP) is 2.05. The number of rotatable bonds is 1. The van der Waals surface area contributed by atoms with Gasteiger partial charge in [0, 0.05) is 24.3 Å². The lowest BCUT2D eigenvalue weighted by Crippen LogP contribution is -2.58. The Hall–Kier alpha value is -2.97. The Morgan fingerprint density at radius 2 is 1.78 bits per heavy atom. The van der Waals surface area contributed by atoms with E-state index in [1.165, 1.54) is 32.9 Å². The van der Waals surface area contributed by atoms with Crippen molar-refractivity contribution in [2.75, 3.05) is 23.7 Å². The number of carbonyl (C=O) groups excluding carboxylic acids is 2. The van der Waals surface area contributed by atoms with Gasteiger partial charge in [0.05, 0.1) is 5.69 Å². The van der Waals surface area contributed by atoms with Gasteiger partial charge in [0.25, 0.3) is 5.91 Å². The number of nitrogens with zero attached hydrogens (tertiary/aromatic N) is 3. The SMILES string of the molecule is CC(C)(C)N1C(=O)N(c2ccc(O)c(N)c2)C2(CCN(C(=O)O)CC2)C1=O. The van der Waals surface area contributed by atoms with E-state index in [2.05, 4.69) is 0 Å². The number of carbonyl (C=O) groups is 3. The minimum Gasteiger partial charge on any atom is -0.506 e. The second-order valence-electron chi connectivity index (χ2n) is 7.97. The van der Waals surface area contributed by atoms with E-state index in [-0.39, 0.29) is 43.3 Å². The van der Waals surface area contributed by atoms with E-state index in [0.29, 0.717) is 5.69 Å². The smallest absolute Gasteiger partial charge is 0.407 e. The van der Waals surface area contributed by atoms with Crippen molar-refractivity contribution in [1.82, 2.24) is 9.80 Å². The summed E-state index contributed by atoms with van der Waals surface area (Å²) in [5.74, 6) is -0.448. The molecule has 1 spiro atoms. The molecule has 27 heavy (non-hydrogen) atoms. The fourth-order valence-corrected chi connectivity index (χ4v) is 3.81. The quantitative estimate of drug-likeness (QED) is 0.391. The Morgan fingerprint density at radius 3 is 2.26 bits per heavy atom. The summed E-state index contributed by atoms with van der Waals surface area (Å²) in [4.78, 5) is 41.8. The molecule has 3 rings (SSSR count). The lowest BCUT2D eigenvalue weighted by atomic mass is 9.85. The minimum atomic E-state index is -1.17. The zero-order valence-corrected chi connectivity index (χ0v) is 15.6. The van der Waals surface area contributed by atoms with E-state index >= 15 is 0 Å². The zero-order valence-electron chi connectivity index (χ0n) is 15.6. The molecule has 146 valence electrons. The second kappa shape index (κ2) is 6.04. The molecule has 9 heteroatoms. The number of aromatic hydroxyl groups is 1. The topological polar surface area (TPSA) is 127 Å². The molecule has 1 aromatic carbocycles. The lowest BCUT2D eigenvalue weighted by Gasteiger charge is -2.41. The summed E-state index contributed by atoms with van der Waals surface area (Å²) in [6, 6.07) is 3.90. The number of likely N-dealkylation sites (tertiary alicyclic amines) is 1. The van der Waals surface area contributed by atoms with Gasteiger partial charge in [0.1, 0.15) is 11.3 Å². The number of hydrogen-bond acceptors (Lipinski definition) is 5. The molecule has 0 unspecified atom stereocenters. The molecule has 0 radical (unpaired) electrons. The highest BCUT2D eigenvalue weighted by Crippen LogP contribution is 2.44. The highest BCUT2D eigenvalue weighted by molar-refractivity contribution is 6.17. The third kappa shape index (κ3) is 2.83. The Kier molecular flexibility index (Phi) is 4.21. The largest absolute Gasteiger partial charge is 0.506 e. The number of hydrogen-bond donors (Lipinski definition) is 3. The molecule has 0 saturated carbocycles. The molecule has 2 saturated heterocycles. The van der Waals surface area contributed by atoms with Crippen LogP contribution in [0.15, 0.2) is 18.2 Å². The van der Waals surface area contributed by atoms with Crippen LogP contribution in [0.2, 0.25) is 0 Å². The van der Waals surface area contributed by atoms with Crippen molar-refractivity contribution < 1.29 is 24.6 Å². The molecule has 2 heterocycles. The third-order valence-electron chi connectivity index (χ3n) is 5.21. The summed E-state index contributed by atoms with van der Waals surface area (Å²) >= 11 is 0. The molecule has 0 aliphatic carbocycles. The maximum absolute atomic E-state index is 13.4. The monoisotopic (exact) mass is 376 g/mol. The molecule has 2 aliphatic heterocycles. The number of benzene rings is 1. The molecule has 2 fully saturated rings. The number of urea groups is 1. The fourth-order valence-electron chi connectivity index (χ4n) is 3.81. The lowest BCUT2D eigenvalue weighted by molar-refractivity contribution is -0.135. The number of amides is 4. The van der Waals surface area contributed by atoms with E-state index in [4.69, 9.17) is 5.73 Å². The maximum Gasteiger partial charge on any atom is 0.407 e. The summed E-state index contributed by atoms with van der Waals surface area (Å²) < 4.78 is 0. The van der Waals surface area contributed by atoms with E-state index < -0.39 is 23.2 Å². The number of piperidine rings is 1. The highest BCUT2D eigenvalue weighted by Gasteiger charge is 2.61. The molecule has 4 amide bonds. The van der Waals surface area contributed by atoms with Crippen molar-refractivity contribution >= 4 is 29.4 Å². The number of anilines is 2. The van der Waals surface area contributed by atoms with Crippen LogP contribution in [-0.4, -0.2) is 62.2 Å². The van der Waals surface area contributed by atoms with Crippen molar-refractivity contribution in [3.8, 4) is 5.75 Å². The molecular weight excluding hydrogens is 352 g/mol. The highest BCUT2D eigenvalue weighted by atomic mass is 16.4. The van der Waals surface area contributed by atoms with Crippen molar-refractivity contribution in [3.63, 3.8) is 0 Å². The van der Waals surface area contributed by atoms with Crippen LogP contribution < -0.4 is 10.6 Å². The van der Waals surface area contributed by atoms with Crippen LogP contribution >= 0.6 is 0 Å². The molecule has 0 bridgehead atoms. The van der Waals surface area contributed by atoms with Crippen molar-refractivity contribution in [3.05, 3.63) is 18.2 Å². The van der Waals surface area contributed by atoms with Crippen LogP contribution in [0.4, 0.5) is 21.0 Å². The molecule has 9 nitrogen and oxygen atoms in total. The minimum absolute atomic E-state index is 0.0973. The molecule has 0 aromatic heterocycles. The van der Waals surface area contributed by atoms with E-state index in [9.17, 15) is 24.6 Å². The van der Waals surface area contributed by atoms with Gasteiger partial charge >= 0.3 is 12.1 Å². The first-order valence-corrected chi connectivity index (χ1v) is 8.74. The van der Waals surface area contributed by atoms with E-state index in [1.807, 2.05) is 0 Å². The standard InChI is InChI=1S/C18H24N4O5/c1-17(2,3)22-14(24)18(6-8-20(9-7-18)16(26)27)21(15(22)25)11-4-5-13(23)12(19)10-11/h4-5,10,23H,6-9,19H2,1-3H3,(H,26,27). The van der Waals surface area contributed by atoms with Crippen LogP contribution in [0.1, 0.15) is 33.6 Å². The van der Waals surface area contributed by atoms with Gasteiger partial charge in [0.2, 0.25) is 0 Å². The van der Waals surface area contributed by atoms with Gasteiger partial charge in [0.15, 0.2) is 0 Å². The number of carboxylic acid groups (broad SMARTS) is 1. The Bertz CT molecular complexity index is 808. The normalized spacial score (nSPS) is 19.9. The van der Waals surface area contributed by atoms with Crippen molar-refractivity contribution in [2.24, 2.45) is 0 Å². The molecule has 2 aliphatic rings. The Morgan fingerprint density at radius 1 is 1.19 bits per heavy atom. The second-order valence-corrected chi connectivity index (χ2v) is 7.97. The van der Waals surface area contributed by atoms with Crippen molar-refractivity contribution in [1.29, 1.82) is 0 Å². The number of imide groups is 1. The molecule has 4 N–H and O–H groups in total. The molecule has 0 atom stereocenters. The van der Waals surface area contributed by atoms with E-state index in [1.54, 1.807) is 20.8 Å². The predicted molar refractivity (Wildman–Crippen MR) is 98.6 cm³/mol. The molecule has 1 aromatic rings. The Labute approximate surface area is 156 Å². The van der Waals surface area contributed by atoms with E-state index in [0.717, 1.165) is 0 Å². The van der Waals surface area contributed by atoms with Gasteiger partial charge in [-0.3, -0.25) is 14.6 Å². The average molecular weight is 376 g/mol. The number of phenols is 1. The number of phenolic OH excluding ortho intramolecular Hbond substituents is 1. The van der Waals surface area contributed by atoms with Crippen LogP contribution in [0.5, 0.6) is 5.75 Å². The summed E-state index contributed by atoms with van der Waals surface area (Å²) in [5.41, 5.74) is 4.39. The number of nitrogen functional groups attached to an aromatic ring is 1. The van der Waals surface area contributed by atoms with Crippen LogP contribution in [0.3, 0.4) is 0 Å². The first kappa shape index (κ1) is 18.8. The van der Waals surface area contributed by atoms with Gasteiger partial charge in [-0.25, -0.2) is 9.59 Å². The average Bonchev–Trinajstić information content (AvgIpc) is 2.78. The summed E-state index contributed by atoms with van der Waals surface area (Å²) in [6.45, 7) is 5.62. The molecular formula is C18H24N4O5. The maximum atomic E-state index is 13.4. The summed E-state index contributed by atoms with van der Waals surface area (Å²) in [6.07, 6.45) is -0.663. The van der Waals surface area contributed by atoms with Gasteiger partial charge in [-0.05, 0) is 51.8 Å². The zero-order chi connectivity index (χ0) is 20.1. The van der Waals surface area contributed by atoms with Gasteiger partial charge in [-0.15, -0.1) is 0 Å². The van der Waals surface area contributed by atoms with Gasteiger partial charge < -0.3 is 20.8 Å². The van der Waals surface area contributed by atoms with Crippen molar-refractivity contribution in [2.45, 2.75) is 44.7 Å². The third-order valence-corrected chi connectivity index (χ3v) is 5.21. The summed E-state index contributed by atoms with van der Waals surface area (Å²) in [7, 11) is 0. The van der Waals surface area contributed by atoms with Crippen LogP contribution in [0, 0.1) is 0 Å². The fraction of sp³-hybridized carbons (Fsp3) is 0.500. The first-order chi connectivity index (χ1) is 12.5. The van der Waals surface area contributed by atoms with Gasteiger partial charge in [-0.2, -0.15) is 0 Å². The Balaban J connectivity index is 2.09. The number of nitrogens with two attached hydrogens (primary N) is 1. The van der Waals surface area contributed by atoms with Crippen LogP contribution in [0.25, 0.3) is 0 Å². The summed E-state index contributed by atoms with van der Waals surface area (Å²) in [5, 5.41) is 18.9. The van der Waals surface area contributed by atoms with Gasteiger partial charge in [-0.1, -0.05) is 0 Å².